The number of carboxylic acid groups (broad SMARTS) is 1. The number of aliphatic hydroxyl groups excluding tert-OH is 1. The fourth-order valence-electron chi connectivity index (χ4n) is 5.23. The van der Waals surface area contributed by atoms with Gasteiger partial charge >= 0.3 is 12.1 Å². The van der Waals surface area contributed by atoms with E-state index in [9.17, 15) is 24.6 Å². The maximum Gasteiger partial charge on any atom is 0.528 e. The zero-order valence-corrected chi connectivity index (χ0v) is 20.7. The van der Waals surface area contributed by atoms with Crippen LogP contribution in [0.3, 0.4) is 0 Å². The van der Waals surface area contributed by atoms with Crippen molar-refractivity contribution >= 4 is 23.8 Å². The summed E-state index contributed by atoms with van der Waals surface area (Å²) in [7, 11) is 0. The van der Waals surface area contributed by atoms with E-state index in [1.807, 2.05) is 0 Å². The predicted octanol–water partition coefficient (Wildman–Crippen LogP) is 1.98. The summed E-state index contributed by atoms with van der Waals surface area (Å²) in [6.07, 6.45) is 4.20. The van der Waals surface area contributed by atoms with Crippen LogP contribution in [0.4, 0.5) is 10.6 Å². The molecule has 1 amide bonds. The van der Waals surface area contributed by atoms with Gasteiger partial charge in [-0.2, -0.15) is 0 Å². The van der Waals surface area contributed by atoms with Gasteiger partial charge in [-0.3, -0.25) is 9.59 Å². The predicted molar refractivity (Wildman–Crippen MR) is 129 cm³/mol. The number of nitrogens with one attached hydrogen (secondary N) is 1. The minimum atomic E-state index is -1.17. The van der Waals surface area contributed by atoms with E-state index >= 15 is 0 Å². The van der Waals surface area contributed by atoms with Crippen molar-refractivity contribution in [3.8, 4) is 0 Å². The Labute approximate surface area is 210 Å². The molecular weight excluding hydrogens is 468 g/mol. The van der Waals surface area contributed by atoms with Crippen LogP contribution in [0.5, 0.6) is 0 Å². The number of anilines is 1. The molecule has 1 aromatic rings. The molecule has 11 heteroatoms. The molecule has 0 radical (unpaired) electrons. The number of carboxylic acids is 1. The number of carbonyl (C=O) groups is 3. The molecule has 0 bridgehead atoms. The van der Waals surface area contributed by atoms with Crippen molar-refractivity contribution in [3.63, 3.8) is 0 Å². The summed E-state index contributed by atoms with van der Waals surface area (Å²) in [5.74, 6) is 0.0674. The van der Waals surface area contributed by atoms with Gasteiger partial charge in [-0.15, -0.1) is 5.06 Å². The number of hydroxylamine groups is 2. The summed E-state index contributed by atoms with van der Waals surface area (Å²) >= 11 is 0. The largest absolute Gasteiger partial charge is 0.528 e. The lowest BCUT2D eigenvalue weighted by molar-refractivity contribution is -0.215. The molecule has 2 atom stereocenters. The van der Waals surface area contributed by atoms with Crippen molar-refractivity contribution in [3.05, 3.63) is 23.4 Å². The zero-order chi connectivity index (χ0) is 25.7. The zero-order valence-electron chi connectivity index (χ0n) is 20.7. The molecule has 1 saturated heterocycles. The van der Waals surface area contributed by atoms with Gasteiger partial charge in [-0.25, -0.2) is 9.78 Å². The van der Waals surface area contributed by atoms with Crippen LogP contribution < -0.4 is 5.32 Å². The lowest BCUT2D eigenvalue weighted by Crippen LogP contribution is -2.53. The van der Waals surface area contributed by atoms with E-state index in [-0.39, 0.29) is 25.0 Å². The Morgan fingerprint density at radius 1 is 1.31 bits per heavy atom. The Bertz CT molecular complexity index is 952. The molecule has 11 nitrogen and oxygen atoms in total. The van der Waals surface area contributed by atoms with E-state index in [1.54, 1.807) is 4.90 Å². The molecule has 1 aliphatic carbocycles. The number of carbonyl (C=O) groups excluding carboxylic acids is 2. The average molecular weight is 505 g/mol. The number of aliphatic carboxylic acids is 1. The van der Waals surface area contributed by atoms with Gasteiger partial charge in [0.05, 0.1) is 6.54 Å². The minimum Gasteiger partial charge on any atom is -0.480 e. The van der Waals surface area contributed by atoms with Crippen LogP contribution in [-0.2, 0) is 32.0 Å². The molecule has 0 unspecified atom stereocenters. The molecule has 0 aromatic carbocycles. The summed E-state index contributed by atoms with van der Waals surface area (Å²) < 4.78 is 5.36. The number of fused-ring (bicyclic) bond motifs is 1. The smallest absolute Gasteiger partial charge is 0.480 e. The van der Waals surface area contributed by atoms with Gasteiger partial charge in [0.2, 0.25) is 5.91 Å². The molecule has 36 heavy (non-hydrogen) atoms. The maximum absolute atomic E-state index is 12.5. The fourth-order valence-corrected chi connectivity index (χ4v) is 5.23. The van der Waals surface area contributed by atoms with Crippen molar-refractivity contribution in [2.24, 2.45) is 5.92 Å². The number of hydrogen-bond acceptors (Lipinski definition) is 9. The standard InChI is InChI=1S/C25H36N4O7/c1-16(31)28-11-8-21(15-28)35-25(34)36-29(22(9-12-30)24(32)33)20-13-17(14-20)4-6-19-7-5-18-3-2-10-26-23(18)27-19/h5,7,17,20-22,30H,2-4,6,8-15H2,1H3,(H,26,27)(H,32,33)/t17?,20?,21-,22+/m1/s1. The first kappa shape index (κ1) is 26.2. The highest BCUT2D eigenvalue weighted by atomic mass is 16.8. The molecule has 4 rings (SSSR count). The van der Waals surface area contributed by atoms with Crippen molar-refractivity contribution in [2.75, 3.05) is 31.6 Å². The van der Waals surface area contributed by atoms with Gasteiger partial charge in [0, 0.05) is 44.8 Å². The number of hydrogen-bond donors (Lipinski definition) is 3. The van der Waals surface area contributed by atoms with Gasteiger partial charge in [0.1, 0.15) is 18.0 Å². The first-order valence-electron chi connectivity index (χ1n) is 12.8. The first-order valence-corrected chi connectivity index (χ1v) is 12.8. The second-order valence-electron chi connectivity index (χ2n) is 9.93. The Hall–Kier alpha value is -2.92. The Kier molecular flexibility index (Phi) is 8.63. The van der Waals surface area contributed by atoms with Gasteiger partial charge in [0.15, 0.2) is 0 Å². The van der Waals surface area contributed by atoms with Crippen LogP contribution in [0, 0.1) is 5.92 Å². The Balaban J connectivity index is 1.31. The third kappa shape index (κ3) is 6.44. The van der Waals surface area contributed by atoms with Crippen LogP contribution in [0.25, 0.3) is 0 Å². The summed E-state index contributed by atoms with van der Waals surface area (Å²) in [6.45, 7) is 2.84. The average Bonchev–Trinajstić information content (AvgIpc) is 3.29. The topological polar surface area (TPSA) is 142 Å². The first-order chi connectivity index (χ1) is 17.3. The van der Waals surface area contributed by atoms with Crippen molar-refractivity contribution in [1.82, 2.24) is 14.9 Å². The van der Waals surface area contributed by atoms with E-state index in [1.165, 1.54) is 17.6 Å². The third-order valence-corrected chi connectivity index (χ3v) is 7.36. The molecule has 3 heterocycles. The Morgan fingerprint density at radius 3 is 2.81 bits per heavy atom. The molecule has 2 aliphatic heterocycles. The van der Waals surface area contributed by atoms with Gasteiger partial charge < -0.3 is 30.0 Å². The van der Waals surface area contributed by atoms with Crippen LogP contribution in [-0.4, -0.2) is 87.6 Å². The molecule has 1 saturated carbocycles. The summed E-state index contributed by atoms with van der Waals surface area (Å²) in [4.78, 5) is 47.7. The van der Waals surface area contributed by atoms with Crippen LogP contribution in [0.15, 0.2) is 12.1 Å². The second kappa shape index (κ2) is 11.9. The summed E-state index contributed by atoms with van der Waals surface area (Å²) in [6, 6.07) is 2.77. The van der Waals surface area contributed by atoms with Crippen LogP contribution in [0.2, 0.25) is 0 Å². The minimum absolute atomic E-state index is 0.0721. The number of amides is 1. The normalized spacial score (nSPS) is 23.9. The van der Waals surface area contributed by atoms with Gasteiger partial charge in [-0.1, -0.05) is 6.07 Å². The molecule has 3 N–H and O–H groups in total. The highest BCUT2D eigenvalue weighted by Gasteiger charge is 2.42. The van der Waals surface area contributed by atoms with Crippen LogP contribution in [0.1, 0.15) is 56.7 Å². The number of pyridine rings is 1. The quantitative estimate of drug-likeness (QED) is 0.320. The third-order valence-electron chi connectivity index (χ3n) is 7.36. The van der Waals surface area contributed by atoms with Gasteiger partial charge in [-0.05, 0) is 62.5 Å². The molecule has 1 aromatic heterocycles. The lowest BCUT2D eigenvalue weighted by Gasteiger charge is -2.43. The highest BCUT2D eigenvalue weighted by Crippen LogP contribution is 2.37. The molecule has 2 fully saturated rings. The number of aromatic nitrogens is 1. The molecule has 198 valence electrons. The number of likely N-dealkylation sites (tertiary alicyclic amines) is 1. The van der Waals surface area contributed by atoms with Crippen molar-refractivity contribution in [1.29, 1.82) is 0 Å². The number of rotatable bonds is 10. The monoisotopic (exact) mass is 504 g/mol. The molecule has 3 aliphatic rings. The van der Waals surface area contributed by atoms with E-state index in [0.717, 1.165) is 43.7 Å². The highest BCUT2D eigenvalue weighted by molar-refractivity contribution is 5.74. The van der Waals surface area contributed by atoms with Crippen molar-refractivity contribution in [2.45, 2.75) is 76.5 Å². The van der Waals surface area contributed by atoms with E-state index in [4.69, 9.17) is 14.6 Å². The lowest BCUT2D eigenvalue weighted by atomic mass is 9.76. The van der Waals surface area contributed by atoms with E-state index in [0.29, 0.717) is 38.3 Å². The molecule has 0 spiro atoms. The number of ether oxygens (including phenoxy) is 1. The molecular formula is C25H36N4O7. The number of nitrogens with zero attached hydrogens (tertiary/aromatic N) is 3. The Morgan fingerprint density at radius 2 is 2.11 bits per heavy atom. The number of aryl methyl sites for hydroxylation is 2. The van der Waals surface area contributed by atoms with E-state index in [2.05, 4.69) is 17.4 Å². The van der Waals surface area contributed by atoms with E-state index < -0.39 is 24.3 Å². The fraction of sp³-hybridized carbons (Fsp3) is 0.680. The maximum atomic E-state index is 12.5. The SMILES string of the molecule is CC(=O)N1CC[C@@H](OC(=O)ON(C2CC(CCc3ccc4c(n3)NCCC4)C2)[C@@H](CCO)C(=O)O)C1. The van der Waals surface area contributed by atoms with Crippen LogP contribution >= 0.6 is 0 Å². The summed E-state index contributed by atoms with van der Waals surface area (Å²) in [5, 5.41) is 23.6. The summed E-state index contributed by atoms with van der Waals surface area (Å²) in [5.41, 5.74) is 2.28. The van der Waals surface area contributed by atoms with Crippen molar-refractivity contribution < 1.29 is 34.2 Å². The second-order valence-corrected chi connectivity index (χ2v) is 9.93. The van der Waals surface area contributed by atoms with Gasteiger partial charge in [0.25, 0.3) is 0 Å². The number of aliphatic hydroxyl groups is 1.